The number of rotatable bonds is 5. The molecule has 3 aromatic rings. The Bertz CT molecular complexity index is 687. The van der Waals surface area contributed by atoms with Gasteiger partial charge in [0.2, 0.25) is 0 Å². The molecule has 0 bridgehead atoms. The van der Waals surface area contributed by atoms with Gasteiger partial charge >= 0.3 is 0 Å². The average Bonchev–Trinajstić information content (AvgIpc) is 3.09. The second kappa shape index (κ2) is 5.73. The Balaban J connectivity index is 1.99. The Morgan fingerprint density at radius 1 is 1.45 bits per heavy atom. The molecule has 20 heavy (non-hydrogen) atoms. The fraction of sp³-hybridized carbons (Fsp3) is 0.333. The standard InChI is InChI=1S/C15H18N4S/c1-2-12(16)6-11-8-19(9-13-7-17-10-20-13)15-14(11)4-3-5-18-15/h3-5,7-8,10,12H,2,6,9,16H2,1H3. The molecule has 104 valence electrons. The Hall–Kier alpha value is -1.72. The van der Waals surface area contributed by atoms with Crippen molar-refractivity contribution in [3.05, 3.63) is 46.7 Å². The lowest BCUT2D eigenvalue weighted by molar-refractivity contribution is 0.646. The van der Waals surface area contributed by atoms with Gasteiger partial charge in [-0.15, -0.1) is 11.3 Å². The SMILES string of the molecule is CCC(N)Cc1cn(Cc2cncs2)c2ncccc12. The maximum atomic E-state index is 6.10. The zero-order valence-corrected chi connectivity index (χ0v) is 12.3. The van der Waals surface area contributed by atoms with Gasteiger partial charge in [-0.05, 0) is 30.5 Å². The minimum atomic E-state index is 0.206. The number of fused-ring (bicyclic) bond motifs is 1. The second-order valence-electron chi connectivity index (χ2n) is 5.00. The lowest BCUT2D eigenvalue weighted by Gasteiger charge is -2.06. The van der Waals surface area contributed by atoms with E-state index in [1.54, 1.807) is 11.3 Å². The van der Waals surface area contributed by atoms with E-state index in [9.17, 15) is 0 Å². The summed E-state index contributed by atoms with van der Waals surface area (Å²) < 4.78 is 2.19. The molecule has 0 saturated heterocycles. The Labute approximate surface area is 122 Å². The average molecular weight is 286 g/mol. The summed E-state index contributed by atoms with van der Waals surface area (Å²) in [5.41, 5.74) is 10.3. The van der Waals surface area contributed by atoms with Crippen LogP contribution in [-0.2, 0) is 13.0 Å². The summed E-state index contributed by atoms with van der Waals surface area (Å²) in [5.74, 6) is 0. The second-order valence-corrected chi connectivity index (χ2v) is 5.97. The predicted molar refractivity (Wildman–Crippen MR) is 82.9 cm³/mol. The number of pyridine rings is 1. The largest absolute Gasteiger partial charge is 0.327 e. The molecule has 1 unspecified atom stereocenters. The van der Waals surface area contributed by atoms with E-state index in [0.717, 1.165) is 25.0 Å². The van der Waals surface area contributed by atoms with E-state index in [1.165, 1.54) is 15.8 Å². The quantitative estimate of drug-likeness (QED) is 0.784. The molecule has 4 nitrogen and oxygen atoms in total. The molecular formula is C15H18N4S. The molecule has 0 aliphatic rings. The van der Waals surface area contributed by atoms with Crippen LogP contribution >= 0.6 is 11.3 Å². The molecule has 5 heteroatoms. The number of thiazole rings is 1. The van der Waals surface area contributed by atoms with Crippen molar-refractivity contribution in [2.75, 3.05) is 0 Å². The summed E-state index contributed by atoms with van der Waals surface area (Å²) in [6.45, 7) is 2.94. The van der Waals surface area contributed by atoms with Gasteiger partial charge in [0.15, 0.2) is 0 Å². The van der Waals surface area contributed by atoms with Crippen LogP contribution in [0.2, 0.25) is 0 Å². The summed E-state index contributed by atoms with van der Waals surface area (Å²) in [4.78, 5) is 9.89. The molecule has 3 heterocycles. The predicted octanol–water partition coefficient (Wildman–Crippen LogP) is 2.82. The number of hydrogen-bond donors (Lipinski definition) is 1. The first kappa shape index (κ1) is 13.3. The van der Waals surface area contributed by atoms with Gasteiger partial charge in [-0.3, -0.25) is 4.98 Å². The summed E-state index contributed by atoms with van der Waals surface area (Å²) in [5, 5.41) is 1.21. The first-order valence-corrected chi connectivity index (χ1v) is 7.71. The lowest BCUT2D eigenvalue weighted by atomic mass is 10.1. The lowest BCUT2D eigenvalue weighted by Crippen LogP contribution is -2.21. The molecule has 0 radical (unpaired) electrons. The molecular weight excluding hydrogens is 268 g/mol. The third-order valence-electron chi connectivity index (χ3n) is 3.53. The van der Waals surface area contributed by atoms with E-state index in [2.05, 4.69) is 33.7 Å². The highest BCUT2D eigenvalue weighted by Gasteiger charge is 2.12. The molecule has 0 aromatic carbocycles. The molecule has 0 spiro atoms. The van der Waals surface area contributed by atoms with Crippen LogP contribution in [-0.4, -0.2) is 20.6 Å². The highest BCUT2D eigenvalue weighted by atomic mass is 32.1. The first-order valence-electron chi connectivity index (χ1n) is 6.83. The van der Waals surface area contributed by atoms with Crippen molar-refractivity contribution >= 4 is 22.4 Å². The molecule has 0 fully saturated rings. The van der Waals surface area contributed by atoms with Crippen molar-refractivity contribution in [1.29, 1.82) is 0 Å². The zero-order chi connectivity index (χ0) is 13.9. The van der Waals surface area contributed by atoms with Gasteiger partial charge in [0.25, 0.3) is 0 Å². The van der Waals surface area contributed by atoms with E-state index >= 15 is 0 Å². The topological polar surface area (TPSA) is 56.7 Å². The Kier molecular flexibility index (Phi) is 3.80. The maximum absolute atomic E-state index is 6.10. The van der Waals surface area contributed by atoms with Crippen molar-refractivity contribution in [2.45, 2.75) is 32.4 Å². The van der Waals surface area contributed by atoms with Crippen LogP contribution in [0.3, 0.4) is 0 Å². The minimum Gasteiger partial charge on any atom is -0.327 e. The van der Waals surface area contributed by atoms with Crippen LogP contribution in [0.5, 0.6) is 0 Å². The van der Waals surface area contributed by atoms with E-state index in [4.69, 9.17) is 5.73 Å². The smallest absolute Gasteiger partial charge is 0.140 e. The highest BCUT2D eigenvalue weighted by Crippen LogP contribution is 2.22. The van der Waals surface area contributed by atoms with Gasteiger partial charge in [-0.1, -0.05) is 6.92 Å². The van der Waals surface area contributed by atoms with Crippen LogP contribution in [0.4, 0.5) is 0 Å². The van der Waals surface area contributed by atoms with Crippen molar-refractivity contribution in [1.82, 2.24) is 14.5 Å². The molecule has 0 aliphatic heterocycles. The molecule has 0 aliphatic carbocycles. The number of aromatic nitrogens is 3. The van der Waals surface area contributed by atoms with Crippen LogP contribution in [0.25, 0.3) is 11.0 Å². The number of nitrogens with zero attached hydrogens (tertiary/aromatic N) is 3. The third-order valence-corrected chi connectivity index (χ3v) is 4.30. The van der Waals surface area contributed by atoms with Crippen molar-refractivity contribution < 1.29 is 0 Å². The third kappa shape index (κ3) is 2.59. The zero-order valence-electron chi connectivity index (χ0n) is 11.5. The van der Waals surface area contributed by atoms with Crippen LogP contribution in [0.1, 0.15) is 23.8 Å². The summed E-state index contributed by atoms with van der Waals surface area (Å²) in [7, 11) is 0. The van der Waals surface area contributed by atoms with Crippen LogP contribution in [0, 0.1) is 0 Å². The number of hydrogen-bond acceptors (Lipinski definition) is 4. The molecule has 2 N–H and O–H groups in total. The highest BCUT2D eigenvalue weighted by molar-refractivity contribution is 7.09. The normalized spacial score (nSPS) is 12.9. The monoisotopic (exact) mass is 286 g/mol. The van der Waals surface area contributed by atoms with Gasteiger partial charge < -0.3 is 10.3 Å². The van der Waals surface area contributed by atoms with Crippen molar-refractivity contribution in [2.24, 2.45) is 5.73 Å². The van der Waals surface area contributed by atoms with Gasteiger partial charge in [-0.25, -0.2) is 4.98 Å². The minimum absolute atomic E-state index is 0.206. The van der Waals surface area contributed by atoms with E-state index < -0.39 is 0 Å². The fourth-order valence-electron chi connectivity index (χ4n) is 2.39. The molecule has 0 saturated carbocycles. The van der Waals surface area contributed by atoms with E-state index in [0.29, 0.717) is 0 Å². The number of nitrogens with two attached hydrogens (primary N) is 1. The van der Waals surface area contributed by atoms with E-state index in [1.807, 2.05) is 24.0 Å². The van der Waals surface area contributed by atoms with Crippen LogP contribution < -0.4 is 5.73 Å². The maximum Gasteiger partial charge on any atom is 0.140 e. The van der Waals surface area contributed by atoms with Gasteiger partial charge in [0.05, 0.1) is 12.1 Å². The molecule has 3 aromatic heterocycles. The molecule has 1 atom stereocenters. The summed E-state index contributed by atoms with van der Waals surface area (Å²) in [6.07, 6.45) is 7.83. The van der Waals surface area contributed by atoms with Crippen molar-refractivity contribution in [3.8, 4) is 0 Å². The Morgan fingerprint density at radius 2 is 2.35 bits per heavy atom. The van der Waals surface area contributed by atoms with Gasteiger partial charge in [0, 0.05) is 34.9 Å². The van der Waals surface area contributed by atoms with Gasteiger partial charge in [0.1, 0.15) is 5.65 Å². The van der Waals surface area contributed by atoms with E-state index in [-0.39, 0.29) is 6.04 Å². The fourth-order valence-corrected chi connectivity index (χ4v) is 2.99. The molecule has 3 rings (SSSR count). The summed E-state index contributed by atoms with van der Waals surface area (Å²) >= 11 is 1.67. The van der Waals surface area contributed by atoms with Crippen LogP contribution in [0.15, 0.2) is 36.2 Å². The molecule has 0 amide bonds. The van der Waals surface area contributed by atoms with Gasteiger partial charge in [-0.2, -0.15) is 0 Å². The Morgan fingerprint density at radius 3 is 3.10 bits per heavy atom. The first-order chi connectivity index (χ1) is 9.78. The summed E-state index contributed by atoms with van der Waals surface area (Å²) in [6, 6.07) is 4.32. The van der Waals surface area contributed by atoms with Crippen molar-refractivity contribution in [3.63, 3.8) is 0 Å².